The van der Waals surface area contributed by atoms with Crippen LogP contribution in [0.3, 0.4) is 0 Å². The van der Waals surface area contributed by atoms with Gasteiger partial charge in [-0.2, -0.15) is 5.10 Å². The third kappa shape index (κ3) is 2.63. The molecule has 0 bridgehead atoms. The van der Waals surface area contributed by atoms with Gasteiger partial charge in [-0.1, -0.05) is 17.7 Å². The van der Waals surface area contributed by atoms with Gasteiger partial charge in [0.25, 0.3) is 0 Å². The molecule has 0 saturated heterocycles. The molecule has 6 heteroatoms. The number of aromatic nitrogens is 2. The number of nitrogens with zero attached hydrogens (tertiary/aromatic N) is 2. The van der Waals surface area contributed by atoms with Gasteiger partial charge in [-0.15, -0.1) is 0 Å². The van der Waals surface area contributed by atoms with Crippen molar-refractivity contribution in [3.8, 4) is 5.75 Å². The molecule has 0 radical (unpaired) electrons. The highest BCUT2D eigenvalue weighted by atomic mass is 35.5. The Kier molecular flexibility index (Phi) is 3.99. The molecular formula is C14H15ClN2O3. The van der Waals surface area contributed by atoms with Gasteiger partial charge in [0, 0.05) is 18.2 Å². The SMILES string of the molecule is Cc1nn(C)c(Cl)c1COc1cccc(C(=O)O)c1C. The summed E-state index contributed by atoms with van der Waals surface area (Å²) < 4.78 is 7.27. The fourth-order valence-corrected chi connectivity index (χ4v) is 2.22. The van der Waals surface area contributed by atoms with E-state index in [1.807, 2.05) is 6.92 Å². The van der Waals surface area contributed by atoms with Gasteiger partial charge >= 0.3 is 5.97 Å². The first-order valence-electron chi connectivity index (χ1n) is 6.05. The van der Waals surface area contributed by atoms with E-state index in [4.69, 9.17) is 21.4 Å². The molecule has 1 heterocycles. The lowest BCUT2D eigenvalue weighted by Gasteiger charge is -2.10. The zero-order valence-electron chi connectivity index (χ0n) is 11.5. The number of halogens is 1. The van der Waals surface area contributed by atoms with E-state index in [0.29, 0.717) is 16.5 Å². The average Bonchev–Trinajstić information content (AvgIpc) is 2.62. The maximum Gasteiger partial charge on any atom is 0.336 e. The van der Waals surface area contributed by atoms with Crippen LogP contribution in [-0.2, 0) is 13.7 Å². The zero-order chi connectivity index (χ0) is 14.9. The number of aromatic carboxylic acids is 1. The van der Waals surface area contributed by atoms with Crippen LogP contribution in [0.2, 0.25) is 5.15 Å². The van der Waals surface area contributed by atoms with Crippen LogP contribution in [0.1, 0.15) is 27.2 Å². The molecule has 0 fully saturated rings. The van der Waals surface area contributed by atoms with Crippen molar-refractivity contribution in [2.24, 2.45) is 7.05 Å². The predicted molar refractivity (Wildman–Crippen MR) is 75.4 cm³/mol. The third-order valence-corrected chi connectivity index (χ3v) is 3.63. The van der Waals surface area contributed by atoms with Crippen molar-refractivity contribution >= 4 is 17.6 Å². The Bertz CT molecular complexity index is 665. The highest BCUT2D eigenvalue weighted by Gasteiger charge is 2.14. The zero-order valence-corrected chi connectivity index (χ0v) is 12.2. The van der Waals surface area contributed by atoms with Crippen LogP contribution in [0.4, 0.5) is 0 Å². The summed E-state index contributed by atoms with van der Waals surface area (Å²) in [5.41, 5.74) is 2.42. The topological polar surface area (TPSA) is 64.4 Å². The first kappa shape index (κ1) is 14.4. The summed E-state index contributed by atoms with van der Waals surface area (Å²) in [5, 5.41) is 13.8. The minimum atomic E-state index is -0.969. The summed E-state index contributed by atoms with van der Waals surface area (Å²) in [6.45, 7) is 3.82. The van der Waals surface area contributed by atoms with Gasteiger partial charge in [0.2, 0.25) is 0 Å². The third-order valence-electron chi connectivity index (χ3n) is 3.16. The first-order valence-corrected chi connectivity index (χ1v) is 6.43. The molecule has 1 aromatic carbocycles. The number of ether oxygens (including phenoxy) is 1. The fourth-order valence-electron chi connectivity index (χ4n) is 1.99. The first-order chi connectivity index (χ1) is 9.41. The molecule has 5 nitrogen and oxygen atoms in total. The molecule has 1 aromatic heterocycles. The Balaban J connectivity index is 2.23. The van der Waals surface area contributed by atoms with Gasteiger partial charge in [-0.05, 0) is 26.0 Å². The van der Waals surface area contributed by atoms with Crippen molar-refractivity contribution in [2.45, 2.75) is 20.5 Å². The number of hydrogen-bond donors (Lipinski definition) is 1. The molecule has 20 heavy (non-hydrogen) atoms. The summed E-state index contributed by atoms with van der Waals surface area (Å²) >= 11 is 6.13. The van der Waals surface area contributed by atoms with Crippen molar-refractivity contribution in [3.05, 3.63) is 45.7 Å². The van der Waals surface area contributed by atoms with E-state index in [2.05, 4.69) is 5.10 Å². The van der Waals surface area contributed by atoms with Crippen molar-refractivity contribution in [1.82, 2.24) is 9.78 Å². The summed E-state index contributed by atoms with van der Waals surface area (Å²) in [6.07, 6.45) is 0. The van der Waals surface area contributed by atoms with Gasteiger partial charge in [-0.25, -0.2) is 4.79 Å². The molecule has 0 aliphatic rings. The lowest BCUT2D eigenvalue weighted by Crippen LogP contribution is -2.03. The monoisotopic (exact) mass is 294 g/mol. The lowest BCUT2D eigenvalue weighted by molar-refractivity contribution is 0.0695. The van der Waals surface area contributed by atoms with Gasteiger partial charge in [-0.3, -0.25) is 4.68 Å². The van der Waals surface area contributed by atoms with Crippen LogP contribution >= 0.6 is 11.6 Å². The van der Waals surface area contributed by atoms with Crippen LogP contribution in [0.15, 0.2) is 18.2 Å². The molecular weight excluding hydrogens is 280 g/mol. The Hall–Kier alpha value is -2.01. The van der Waals surface area contributed by atoms with Gasteiger partial charge in [0.05, 0.1) is 11.3 Å². The summed E-state index contributed by atoms with van der Waals surface area (Å²) in [5.74, 6) is -0.437. The Morgan fingerprint density at radius 3 is 2.70 bits per heavy atom. The molecule has 0 aliphatic carbocycles. The number of hydrogen-bond acceptors (Lipinski definition) is 3. The van der Waals surface area contributed by atoms with Gasteiger partial charge < -0.3 is 9.84 Å². The van der Waals surface area contributed by atoms with E-state index in [1.165, 1.54) is 0 Å². The second-order valence-electron chi connectivity index (χ2n) is 4.50. The lowest BCUT2D eigenvalue weighted by atomic mass is 10.1. The van der Waals surface area contributed by atoms with Crippen molar-refractivity contribution in [3.63, 3.8) is 0 Å². The maximum atomic E-state index is 11.1. The Morgan fingerprint density at radius 2 is 2.15 bits per heavy atom. The summed E-state index contributed by atoms with van der Waals surface area (Å²) in [7, 11) is 1.76. The van der Waals surface area contributed by atoms with E-state index in [9.17, 15) is 4.79 Å². The Labute approximate surface area is 121 Å². The normalized spacial score (nSPS) is 10.6. The molecule has 0 saturated carbocycles. The molecule has 2 aromatic rings. The molecule has 0 atom stereocenters. The van der Waals surface area contributed by atoms with Crippen LogP contribution in [0.25, 0.3) is 0 Å². The van der Waals surface area contributed by atoms with Crippen LogP contribution in [0, 0.1) is 13.8 Å². The quantitative estimate of drug-likeness (QED) is 0.941. The number of carbonyl (C=O) groups is 1. The van der Waals surface area contributed by atoms with E-state index in [-0.39, 0.29) is 12.2 Å². The second-order valence-corrected chi connectivity index (χ2v) is 4.86. The maximum absolute atomic E-state index is 11.1. The van der Waals surface area contributed by atoms with E-state index >= 15 is 0 Å². The van der Waals surface area contributed by atoms with Gasteiger partial charge in [0.1, 0.15) is 17.5 Å². The second kappa shape index (κ2) is 5.54. The number of aryl methyl sites for hydroxylation is 2. The largest absolute Gasteiger partial charge is 0.488 e. The number of carboxylic acids is 1. The smallest absolute Gasteiger partial charge is 0.336 e. The number of benzene rings is 1. The highest BCUT2D eigenvalue weighted by Crippen LogP contribution is 2.25. The molecule has 106 valence electrons. The van der Waals surface area contributed by atoms with Crippen molar-refractivity contribution < 1.29 is 14.6 Å². The minimum absolute atomic E-state index is 0.233. The molecule has 0 amide bonds. The average molecular weight is 295 g/mol. The van der Waals surface area contributed by atoms with Crippen molar-refractivity contribution in [2.75, 3.05) is 0 Å². The van der Waals surface area contributed by atoms with Crippen LogP contribution < -0.4 is 4.74 Å². The van der Waals surface area contributed by atoms with Gasteiger partial charge in [0.15, 0.2) is 0 Å². The molecule has 2 rings (SSSR count). The molecule has 0 spiro atoms. The standard InChI is InChI=1S/C14H15ClN2O3/c1-8-10(14(18)19)5-4-6-12(8)20-7-11-9(2)16-17(3)13(11)15/h4-6H,7H2,1-3H3,(H,18,19). The summed E-state index contributed by atoms with van der Waals surface area (Å²) in [4.78, 5) is 11.1. The number of carboxylic acid groups (broad SMARTS) is 1. The van der Waals surface area contributed by atoms with E-state index in [1.54, 1.807) is 36.9 Å². The van der Waals surface area contributed by atoms with Crippen molar-refractivity contribution in [1.29, 1.82) is 0 Å². The molecule has 1 N–H and O–H groups in total. The van der Waals surface area contributed by atoms with Crippen LogP contribution in [0.5, 0.6) is 5.75 Å². The highest BCUT2D eigenvalue weighted by molar-refractivity contribution is 6.30. The summed E-state index contributed by atoms with van der Waals surface area (Å²) in [6, 6.07) is 4.94. The minimum Gasteiger partial charge on any atom is -0.488 e. The predicted octanol–water partition coefficient (Wildman–Crippen LogP) is 2.97. The molecule has 0 aliphatic heterocycles. The Morgan fingerprint density at radius 1 is 1.45 bits per heavy atom. The fraction of sp³-hybridized carbons (Fsp3) is 0.286. The van der Waals surface area contributed by atoms with E-state index < -0.39 is 5.97 Å². The molecule has 0 unspecified atom stereocenters. The van der Waals surface area contributed by atoms with E-state index in [0.717, 1.165) is 11.3 Å². The van der Waals surface area contributed by atoms with Crippen LogP contribution in [-0.4, -0.2) is 20.9 Å². The number of rotatable bonds is 4.